The number of alkyl halides is 2. The summed E-state index contributed by atoms with van der Waals surface area (Å²) < 4.78 is 23.8. The maximum Gasteiger partial charge on any atom is 0.255 e. The highest BCUT2D eigenvalue weighted by Crippen LogP contribution is 2.20. The molecule has 0 saturated carbocycles. The number of hydrogen-bond acceptors (Lipinski definition) is 2. The second-order valence-corrected chi connectivity index (χ2v) is 3.48. The molecule has 0 spiro atoms. The predicted molar refractivity (Wildman–Crippen MR) is 59.3 cm³/mol. The summed E-state index contributed by atoms with van der Waals surface area (Å²) in [6.07, 6.45) is -2.57. The van der Waals surface area contributed by atoms with Gasteiger partial charge in [-0.1, -0.05) is 11.6 Å². The minimum absolute atomic E-state index is 0.246. The molecule has 3 nitrogen and oxygen atoms in total. The number of amides is 1. The molecule has 0 aliphatic carbocycles. The molecule has 0 fully saturated rings. The Labute approximate surface area is 96.8 Å². The Morgan fingerprint density at radius 2 is 2.19 bits per heavy atom. The van der Waals surface area contributed by atoms with Gasteiger partial charge in [0.05, 0.1) is 12.1 Å². The van der Waals surface area contributed by atoms with Crippen molar-refractivity contribution in [1.82, 2.24) is 5.32 Å². The first kappa shape index (κ1) is 12.7. The van der Waals surface area contributed by atoms with Crippen molar-refractivity contribution in [2.75, 3.05) is 18.9 Å². The fourth-order valence-electron chi connectivity index (χ4n) is 1.19. The molecule has 1 aromatic carbocycles. The van der Waals surface area contributed by atoms with Crippen LogP contribution < -0.4 is 10.6 Å². The van der Waals surface area contributed by atoms with Crippen molar-refractivity contribution in [3.8, 4) is 0 Å². The van der Waals surface area contributed by atoms with Crippen molar-refractivity contribution >= 4 is 23.2 Å². The number of carbonyl (C=O) groups is 1. The summed E-state index contributed by atoms with van der Waals surface area (Å²) in [5, 5.41) is 5.27. The van der Waals surface area contributed by atoms with Crippen molar-refractivity contribution in [3.05, 3.63) is 28.8 Å². The van der Waals surface area contributed by atoms with Crippen molar-refractivity contribution < 1.29 is 13.6 Å². The van der Waals surface area contributed by atoms with Gasteiger partial charge in [-0.25, -0.2) is 8.78 Å². The normalized spacial score (nSPS) is 10.3. The van der Waals surface area contributed by atoms with Gasteiger partial charge in [0.15, 0.2) is 0 Å². The number of hydrogen-bond donors (Lipinski definition) is 2. The molecule has 0 atom stereocenters. The maximum absolute atomic E-state index is 11.9. The molecule has 1 rings (SSSR count). The van der Waals surface area contributed by atoms with Crippen LogP contribution >= 0.6 is 11.6 Å². The lowest BCUT2D eigenvalue weighted by molar-refractivity contribution is 0.0892. The van der Waals surface area contributed by atoms with Gasteiger partial charge in [-0.05, 0) is 18.2 Å². The number of nitrogens with one attached hydrogen (secondary N) is 2. The third-order valence-corrected chi connectivity index (χ3v) is 2.15. The SMILES string of the molecule is CNc1ccc(Cl)cc1C(=O)NCC(F)F. The fraction of sp³-hybridized carbons (Fsp3) is 0.300. The summed E-state index contributed by atoms with van der Waals surface area (Å²) in [6, 6.07) is 4.64. The Kier molecular flexibility index (Phi) is 4.49. The van der Waals surface area contributed by atoms with Gasteiger partial charge in [0.25, 0.3) is 12.3 Å². The van der Waals surface area contributed by atoms with Crippen LogP contribution in [-0.2, 0) is 0 Å². The summed E-state index contributed by atoms with van der Waals surface area (Å²) >= 11 is 5.72. The van der Waals surface area contributed by atoms with Crippen molar-refractivity contribution in [3.63, 3.8) is 0 Å². The fourth-order valence-corrected chi connectivity index (χ4v) is 1.36. The van der Waals surface area contributed by atoms with E-state index in [1.54, 1.807) is 19.2 Å². The number of rotatable bonds is 4. The van der Waals surface area contributed by atoms with E-state index in [0.29, 0.717) is 10.7 Å². The Bertz CT molecular complexity index is 385. The highest BCUT2D eigenvalue weighted by atomic mass is 35.5. The summed E-state index contributed by atoms with van der Waals surface area (Å²) in [5.41, 5.74) is 0.784. The Morgan fingerprint density at radius 1 is 1.50 bits per heavy atom. The zero-order valence-electron chi connectivity index (χ0n) is 8.56. The molecule has 0 aliphatic heterocycles. The lowest BCUT2D eigenvalue weighted by atomic mass is 10.1. The van der Waals surface area contributed by atoms with Crippen molar-refractivity contribution in [2.24, 2.45) is 0 Å². The summed E-state index contributed by atoms with van der Waals surface area (Å²) in [5.74, 6) is -0.577. The third-order valence-electron chi connectivity index (χ3n) is 1.91. The first-order valence-electron chi connectivity index (χ1n) is 4.58. The van der Waals surface area contributed by atoms with Crippen LogP contribution in [0.2, 0.25) is 5.02 Å². The first-order valence-corrected chi connectivity index (χ1v) is 4.96. The molecule has 1 amide bonds. The number of benzene rings is 1. The molecular weight excluding hydrogens is 238 g/mol. The molecule has 0 heterocycles. The summed E-state index contributed by atoms with van der Waals surface area (Å²) in [4.78, 5) is 11.5. The second-order valence-electron chi connectivity index (χ2n) is 3.04. The largest absolute Gasteiger partial charge is 0.387 e. The molecule has 16 heavy (non-hydrogen) atoms. The molecule has 1 aromatic rings. The van der Waals surface area contributed by atoms with E-state index in [1.165, 1.54) is 6.07 Å². The topological polar surface area (TPSA) is 41.1 Å². The molecule has 0 unspecified atom stereocenters. The van der Waals surface area contributed by atoms with Gasteiger partial charge in [0, 0.05) is 17.8 Å². The van der Waals surface area contributed by atoms with Crippen LogP contribution in [0.15, 0.2) is 18.2 Å². The van der Waals surface area contributed by atoms with E-state index in [1.807, 2.05) is 0 Å². The molecule has 0 aromatic heterocycles. The Balaban J connectivity index is 2.84. The van der Waals surface area contributed by atoms with E-state index < -0.39 is 18.9 Å². The van der Waals surface area contributed by atoms with Crippen LogP contribution in [0.1, 0.15) is 10.4 Å². The molecule has 88 valence electrons. The van der Waals surface area contributed by atoms with Crippen LogP contribution in [0, 0.1) is 0 Å². The van der Waals surface area contributed by atoms with Gasteiger partial charge in [0.2, 0.25) is 0 Å². The smallest absolute Gasteiger partial charge is 0.255 e. The Morgan fingerprint density at radius 3 is 2.75 bits per heavy atom. The maximum atomic E-state index is 11.9. The first-order chi connectivity index (χ1) is 7.54. The average Bonchev–Trinajstić information content (AvgIpc) is 2.25. The van der Waals surface area contributed by atoms with Crippen molar-refractivity contribution in [1.29, 1.82) is 0 Å². The highest BCUT2D eigenvalue weighted by Gasteiger charge is 2.12. The van der Waals surface area contributed by atoms with E-state index in [0.717, 1.165) is 0 Å². The molecule has 0 radical (unpaired) electrons. The van der Waals surface area contributed by atoms with Crippen LogP contribution in [-0.4, -0.2) is 25.9 Å². The molecule has 0 aliphatic rings. The molecule has 6 heteroatoms. The van der Waals surface area contributed by atoms with Gasteiger partial charge in [-0.2, -0.15) is 0 Å². The standard InChI is InChI=1S/C10H11ClF2N2O/c1-14-8-3-2-6(11)4-7(8)10(16)15-5-9(12)13/h2-4,9,14H,5H2,1H3,(H,15,16). The van der Waals surface area contributed by atoms with Crippen LogP contribution in [0.3, 0.4) is 0 Å². The van der Waals surface area contributed by atoms with Gasteiger partial charge >= 0.3 is 0 Å². The lowest BCUT2D eigenvalue weighted by Gasteiger charge is -2.09. The molecule has 0 saturated heterocycles. The molecule has 0 bridgehead atoms. The summed E-state index contributed by atoms with van der Waals surface area (Å²) in [6.45, 7) is -0.672. The van der Waals surface area contributed by atoms with Gasteiger partial charge in [-0.3, -0.25) is 4.79 Å². The van der Waals surface area contributed by atoms with Gasteiger partial charge in [-0.15, -0.1) is 0 Å². The van der Waals surface area contributed by atoms with Gasteiger partial charge in [0.1, 0.15) is 0 Å². The third kappa shape index (κ3) is 3.34. The number of halogens is 3. The zero-order valence-corrected chi connectivity index (χ0v) is 9.31. The van der Waals surface area contributed by atoms with E-state index in [-0.39, 0.29) is 5.56 Å². The summed E-state index contributed by atoms with van der Waals surface area (Å²) in [7, 11) is 1.63. The highest BCUT2D eigenvalue weighted by molar-refractivity contribution is 6.31. The quantitative estimate of drug-likeness (QED) is 0.859. The molecule has 2 N–H and O–H groups in total. The van der Waals surface area contributed by atoms with Crippen molar-refractivity contribution in [2.45, 2.75) is 6.43 Å². The van der Waals surface area contributed by atoms with E-state index in [4.69, 9.17) is 11.6 Å². The van der Waals surface area contributed by atoms with Crippen LogP contribution in [0.5, 0.6) is 0 Å². The number of anilines is 1. The average molecular weight is 249 g/mol. The van der Waals surface area contributed by atoms with E-state index in [2.05, 4.69) is 10.6 Å². The minimum Gasteiger partial charge on any atom is -0.387 e. The number of carbonyl (C=O) groups excluding carboxylic acids is 1. The lowest BCUT2D eigenvalue weighted by Crippen LogP contribution is -2.29. The van der Waals surface area contributed by atoms with Crippen LogP contribution in [0.4, 0.5) is 14.5 Å². The second kappa shape index (κ2) is 5.65. The zero-order chi connectivity index (χ0) is 12.1. The predicted octanol–water partition coefficient (Wildman–Crippen LogP) is 2.38. The molecular formula is C10H11ClF2N2O. The Hall–Kier alpha value is -1.36. The van der Waals surface area contributed by atoms with Gasteiger partial charge < -0.3 is 10.6 Å². The minimum atomic E-state index is -2.57. The van der Waals surface area contributed by atoms with E-state index in [9.17, 15) is 13.6 Å². The van der Waals surface area contributed by atoms with Crippen LogP contribution in [0.25, 0.3) is 0 Å². The van der Waals surface area contributed by atoms with E-state index >= 15 is 0 Å². The monoisotopic (exact) mass is 248 g/mol.